The number of hydrogen-bond donors (Lipinski definition) is 1. The second kappa shape index (κ2) is 9.21. The van der Waals surface area contributed by atoms with Crippen molar-refractivity contribution in [2.24, 2.45) is 0 Å². The molecular formula is C20H21ClFN3S. The molecule has 1 N–H and O–H groups in total. The Morgan fingerprint density at radius 3 is 2.85 bits per heavy atom. The lowest BCUT2D eigenvalue weighted by Gasteiger charge is -2.17. The number of allylic oxidation sites excluding steroid dienone is 5. The first-order chi connectivity index (χ1) is 12.7. The van der Waals surface area contributed by atoms with Crippen LogP contribution >= 0.6 is 23.1 Å². The summed E-state index contributed by atoms with van der Waals surface area (Å²) in [7, 11) is 0. The van der Waals surface area contributed by atoms with Gasteiger partial charge in [-0.2, -0.15) is 0 Å². The molecule has 1 saturated carbocycles. The topological polar surface area (TPSA) is 37.8 Å². The first-order valence-electron chi connectivity index (χ1n) is 8.65. The number of nitrogens with zero attached hydrogens (tertiary/aromatic N) is 2. The standard InChI is InChI=1S/C20H21ClFN3S/c1-2-3-4-5-6-10-17(19-15(21)8-7-9-16(19)22)23-13-18-20(14-11-12-14)24-25-26-18/h2-10,14,17,23H,11-13H2,1H3/b3-2-,5-4-,10-6+. The molecule has 1 aliphatic carbocycles. The van der Waals surface area contributed by atoms with Crippen molar-refractivity contribution in [2.45, 2.75) is 38.3 Å². The van der Waals surface area contributed by atoms with Gasteiger partial charge in [-0.25, -0.2) is 4.39 Å². The molecule has 1 aromatic carbocycles. The fraction of sp³-hybridized carbons (Fsp3) is 0.300. The van der Waals surface area contributed by atoms with Gasteiger partial charge in [0, 0.05) is 23.0 Å². The first-order valence-corrected chi connectivity index (χ1v) is 9.80. The molecular weight excluding hydrogens is 369 g/mol. The first kappa shape index (κ1) is 19.0. The third-order valence-electron chi connectivity index (χ3n) is 4.17. The Balaban J connectivity index is 1.79. The van der Waals surface area contributed by atoms with E-state index in [1.54, 1.807) is 12.1 Å². The highest BCUT2D eigenvalue weighted by molar-refractivity contribution is 7.05. The maximum absolute atomic E-state index is 14.4. The van der Waals surface area contributed by atoms with Crippen LogP contribution in [0.15, 0.2) is 54.7 Å². The zero-order valence-corrected chi connectivity index (χ0v) is 16.1. The van der Waals surface area contributed by atoms with Gasteiger partial charge < -0.3 is 5.32 Å². The minimum atomic E-state index is -0.340. The average molecular weight is 390 g/mol. The van der Waals surface area contributed by atoms with Crippen LogP contribution in [-0.2, 0) is 6.54 Å². The average Bonchev–Trinajstić information content (AvgIpc) is 3.36. The molecule has 2 aromatic rings. The van der Waals surface area contributed by atoms with E-state index in [1.165, 1.54) is 30.4 Å². The van der Waals surface area contributed by atoms with Gasteiger partial charge in [0.2, 0.25) is 0 Å². The van der Waals surface area contributed by atoms with E-state index in [0.29, 0.717) is 23.0 Å². The van der Waals surface area contributed by atoms with Crippen LogP contribution in [0.5, 0.6) is 0 Å². The van der Waals surface area contributed by atoms with E-state index in [4.69, 9.17) is 11.6 Å². The second-order valence-electron chi connectivity index (χ2n) is 6.15. The van der Waals surface area contributed by atoms with Crippen LogP contribution in [0, 0.1) is 5.82 Å². The summed E-state index contributed by atoms with van der Waals surface area (Å²) in [6.45, 7) is 2.54. The lowest BCUT2D eigenvalue weighted by atomic mass is 10.0. The highest BCUT2D eigenvalue weighted by Crippen LogP contribution is 2.41. The van der Waals surface area contributed by atoms with Crippen LogP contribution in [-0.4, -0.2) is 9.59 Å². The molecule has 1 aromatic heterocycles. The number of rotatable bonds is 8. The number of aromatic nitrogens is 2. The van der Waals surface area contributed by atoms with Crippen molar-refractivity contribution in [1.82, 2.24) is 14.9 Å². The summed E-state index contributed by atoms with van der Waals surface area (Å²) >= 11 is 7.67. The Labute approximate surface area is 162 Å². The summed E-state index contributed by atoms with van der Waals surface area (Å²) in [5.74, 6) is 0.224. The third kappa shape index (κ3) is 4.87. The summed E-state index contributed by atoms with van der Waals surface area (Å²) < 4.78 is 18.5. The van der Waals surface area contributed by atoms with E-state index in [-0.39, 0.29) is 11.9 Å². The van der Waals surface area contributed by atoms with Crippen LogP contribution in [0.4, 0.5) is 4.39 Å². The highest BCUT2D eigenvalue weighted by Gasteiger charge is 2.29. The van der Waals surface area contributed by atoms with E-state index in [9.17, 15) is 4.39 Å². The normalized spacial score (nSPS) is 16.3. The summed E-state index contributed by atoms with van der Waals surface area (Å²) in [6, 6.07) is 4.42. The molecule has 6 heteroatoms. The molecule has 0 spiro atoms. The highest BCUT2D eigenvalue weighted by atomic mass is 35.5. The van der Waals surface area contributed by atoms with Crippen molar-refractivity contribution in [3.63, 3.8) is 0 Å². The second-order valence-corrected chi connectivity index (χ2v) is 7.39. The van der Waals surface area contributed by atoms with Gasteiger partial charge in [0.15, 0.2) is 0 Å². The number of nitrogens with one attached hydrogen (secondary N) is 1. The Morgan fingerprint density at radius 2 is 2.12 bits per heavy atom. The van der Waals surface area contributed by atoms with Gasteiger partial charge in [0.1, 0.15) is 5.82 Å². The van der Waals surface area contributed by atoms with Crippen LogP contribution < -0.4 is 5.32 Å². The van der Waals surface area contributed by atoms with E-state index in [0.717, 1.165) is 10.6 Å². The van der Waals surface area contributed by atoms with Crippen LogP contribution in [0.2, 0.25) is 5.02 Å². The molecule has 1 atom stereocenters. The molecule has 1 aliphatic rings. The zero-order valence-electron chi connectivity index (χ0n) is 14.5. The Morgan fingerprint density at radius 1 is 1.31 bits per heavy atom. The van der Waals surface area contributed by atoms with Crippen molar-refractivity contribution in [3.8, 4) is 0 Å². The molecule has 1 fully saturated rings. The zero-order chi connectivity index (χ0) is 18.4. The maximum Gasteiger partial charge on any atom is 0.129 e. The summed E-state index contributed by atoms with van der Waals surface area (Å²) in [5.41, 5.74) is 1.54. The summed E-state index contributed by atoms with van der Waals surface area (Å²) in [6.07, 6.45) is 13.9. The van der Waals surface area contributed by atoms with Crippen LogP contribution in [0.25, 0.3) is 0 Å². The van der Waals surface area contributed by atoms with Gasteiger partial charge in [-0.1, -0.05) is 58.6 Å². The summed E-state index contributed by atoms with van der Waals surface area (Å²) in [4.78, 5) is 1.11. The quantitative estimate of drug-likeness (QED) is 0.586. The molecule has 0 aliphatic heterocycles. The monoisotopic (exact) mass is 389 g/mol. The summed E-state index contributed by atoms with van der Waals surface area (Å²) in [5, 5.41) is 8.06. The minimum Gasteiger partial charge on any atom is -0.302 e. The molecule has 3 rings (SSSR count). The fourth-order valence-corrected chi connectivity index (χ4v) is 3.65. The molecule has 0 bridgehead atoms. The van der Waals surface area contributed by atoms with Gasteiger partial charge in [-0.3, -0.25) is 0 Å². The molecule has 0 amide bonds. The molecule has 3 nitrogen and oxygen atoms in total. The fourth-order valence-electron chi connectivity index (χ4n) is 2.70. The van der Waals surface area contributed by atoms with Gasteiger partial charge in [-0.15, -0.1) is 5.10 Å². The molecule has 136 valence electrons. The predicted molar refractivity (Wildman–Crippen MR) is 106 cm³/mol. The van der Waals surface area contributed by atoms with Crippen molar-refractivity contribution >= 4 is 23.1 Å². The predicted octanol–water partition coefficient (Wildman–Crippen LogP) is 5.73. The Hall–Kier alpha value is -1.82. The van der Waals surface area contributed by atoms with Crippen molar-refractivity contribution in [2.75, 3.05) is 0 Å². The minimum absolute atomic E-state index is 0.318. The van der Waals surface area contributed by atoms with Gasteiger partial charge in [0.05, 0.1) is 16.6 Å². The molecule has 0 saturated heterocycles. The van der Waals surface area contributed by atoms with Gasteiger partial charge in [-0.05, 0) is 43.4 Å². The largest absolute Gasteiger partial charge is 0.302 e. The molecule has 0 radical (unpaired) electrons. The maximum atomic E-state index is 14.4. The van der Waals surface area contributed by atoms with Gasteiger partial charge >= 0.3 is 0 Å². The molecule has 26 heavy (non-hydrogen) atoms. The SMILES string of the molecule is C\C=C/C=C\C=C\C(NCc1snnc1C1CC1)c1c(F)cccc1Cl. The van der Waals surface area contributed by atoms with E-state index in [1.807, 2.05) is 43.4 Å². The van der Waals surface area contributed by atoms with Crippen molar-refractivity contribution in [3.05, 3.63) is 81.6 Å². The van der Waals surface area contributed by atoms with E-state index >= 15 is 0 Å². The number of benzene rings is 1. The lowest BCUT2D eigenvalue weighted by Crippen LogP contribution is -2.20. The third-order valence-corrected chi connectivity index (χ3v) is 5.24. The Kier molecular flexibility index (Phi) is 6.72. The van der Waals surface area contributed by atoms with Crippen LogP contribution in [0.3, 0.4) is 0 Å². The van der Waals surface area contributed by atoms with Crippen molar-refractivity contribution < 1.29 is 4.39 Å². The van der Waals surface area contributed by atoms with E-state index < -0.39 is 0 Å². The smallest absolute Gasteiger partial charge is 0.129 e. The molecule has 1 unspecified atom stereocenters. The Bertz CT molecular complexity index is 804. The lowest BCUT2D eigenvalue weighted by molar-refractivity contribution is 0.557. The molecule has 1 heterocycles. The van der Waals surface area contributed by atoms with Gasteiger partial charge in [0.25, 0.3) is 0 Å². The number of hydrogen-bond acceptors (Lipinski definition) is 4. The number of halogens is 2. The van der Waals surface area contributed by atoms with Crippen molar-refractivity contribution in [1.29, 1.82) is 0 Å². The van der Waals surface area contributed by atoms with Crippen LogP contribution in [0.1, 0.15) is 47.9 Å². The van der Waals surface area contributed by atoms with E-state index in [2.05, 4.69) is 14.9 Å².